The summed E-state index contributed by atoms with van der Waals surface area (Å²) in [5.74, 6) is 2.61. The number of benzene rings is 2. The molecule has 0 saturated heterocycles. The van der Waals surface area contributed by atoms with Gasteiger partial charge in [-0.1, -0.05) is 23.4 Å². The van der Waals surface area contributed by atoms with Gasteiger partial charge in [0.15, 0.2) is 0 Å². The first kappa shape index (κ1) is 23.3. The van der Waals surface area contributed by atoms with Gasteiger partial charge in [-0.15, -0.1) is 0 Å². The monoisotopic (exact) mass is 438 g/mol. The van der Waals surface area contributed by atoms with Gasteiger partial charge in [-0.05, 0) is 50.8 Å². The number of likely N-dealkylation sites (N-methyl/N-ethyl adjacent to an activating group) is 1. The molecule has 1 heterocycles. The Bertz CT molecular complexity index is 1000. The zero-order valence-corrected chi connectivity index (χ0v) is 19.0. The molecule has 0 aliphatic rings. The molecule has 1 N–H and O–H groups in total. The zero-order chi connectivity index (χ0) is 22.9. The van der Waals surface area contributed by atoms with Crippen molar-refractivity contribution in [1.82, 2.24) is 20.4 Å². The van der Waals surface area contributed by atoms with Crippen LogP contribution in [-0.4, -0.2) is 55.8 Å². The van der Waals surface area contributed by atoms with Gasteiger partial charge in [0.25, 0.3) is 0 Å². The number of aryl methyl sites for hydroxylation is 1. The van der Waals surface area contributed by atoms with Crippen LogP contribution in [0.2, 0.25) is 0 Å². The summed E-state index contributed by atoms with van der Waals surface area (Å²) in [7, 11) is 7.25. The van der Waals surface area contributed by atoms with Crippen LogP contribution >= 0.6 is 0 Å². The molecule has 8 heteroatoms. The molecule has 0 saturated carbocycles. The molecule has 0 radical (unpaired) electrons. The van der Waals surface area contributed by atoms with Gasteiger partial charge in [0.1, 0.15) is 11.5 Å². The van der Waals surface area contributed by atoms with E-state index < -0.39 is 0 Å². The molecular formula is C24H30N4O4. The summed E-state index contributed by atoms with van der Waals surface area (Å²) in [5.41, 5.74) is 1.89. The van der Waals surface area contributed by atoms with E-state index in [0.717, 1.165) is 22.6 Å². The molecule has 1 unspecified atom stereocenters. The van der Waals surface area contributed by atoms with Crippen molar-refractivity contribution in [3.63, 3.8) is 0 Å². The summed E-state index contributed by atoms with van der Waals surface area (Å²) in [6, 6.07) is 15.3. The number of hydrogen-bond donors (Lipinski definition) is 1. The third-order valence-corrected chi connectivity index (χ3v) is 5.22. The van der Waals surface area contributed by atoms with Gasteiger partial charge in [-0.25, -0.2) is 0 Å². The Morgan fingerprint density at radius 2 is 1.84 bits per heavy atom. The number of para-hydroxylation sites is 1. The minimum atomic E-state index is -0.0124. The number of methoxy groups -OCH3 is 2. The van der Waals surface area contributed by atoms with Crippen molar-refractivity contribution < 1.29 is 18.8 Å². The van der Waals surface area contributed by atoms with Crippen LogP contribution in [0.1, 0.15) is 30.3 Å². The lowest BCUT2D eigenvalue weighted by Gasteiger charge is -2.26. The Morgan fingerprint density at radius 3 is 2.53 bits per heavy atom. The van der Waals surface area contributed by atoms with E-state index in [1.807, 2.05) is 62.6 Å². The highest BCUT2D eigenvalue weighted by atomic mass is 16.5. The first-order valence-electron chi connectivity index (χ1n) is 10.5. The smallest absolute Gasteiger partial charge is 0.226 e. The van der Waals surface area contributed by atoms with E-state index in [2.05, 4.69) is 20.4 Å². The van der Waals surface area contributed by atoms with Crippen LogP contribution < -0.4 is 14.8 Å². The van der Waals surface area contributed by atoms with E-state index in [0.29, 0.717) is 37.5 Å². The van der Waals surface area contributed by atoms with Crippen molar-refractivity contribution in [2.24, 2.45) is 0 Å². The summed E-state index contributed by atoms with van der Waals surface area (Å²) in [5, 5.41) is 7.05. The highest BCUT2D eigenvalue weighted by Gasteiger charge is 2.19. The van der Waals surface area contributed by atoms with Gasteiger partial charge in [0.2, 0.25) is 17.6 Å². The Balaban J connectivity index is 1.48. The van der Waals surface area contributed by atoms with Crippen molar-refractivity contribution >= 4 is 5.91 Å². The first-order chi connectivity index (χ1) is 15.5. The van der Waals surface area contributed by atoms with Gasteiger partial charge in [0.05, 0.1) is 20.3 Å². The number of carbonyl (C=O) groups excluding carboxylic acids is 1. The minimum absolute atomic E-state index is 0.0121. The van der Waals surface area contributed by atoms with E-state index in [4.69, 9.17) is 14.0 Å². The molecule has 0 aliphatic heterocycles. The van der Waals surface area contributed by atoms with Crippen LogP contribution in [0.5, 0.6) is 11.5 Å². The summed E-state index contributed by atoms with van der Waals surface area (Å²) in [4.78, 5) is 18.9. The van der Waals surface area contributed by atoms with Gasteiger partial charge < -0.3 is 24.2 Å². The maximum absolute atomic E-state index is 12.4. The fraction of sp³-hybridized carbons (Fsp3) is 0.375. The highest BCUT2D eigenvalue weighted by Crippen LogP contribution is 2.27. The second kappa shape index (κ2) is 11.3. The second-order valence-electron chi connectivity index (χ2n) is 7.62. The van der Waals surface area contributed by atoms with E-state index >= 15 is 0 Å². The van der Waals surface area contributed by atoms with Crippen LogP contribution in [-0.2, 0) is 11.2 Å². The number of aromatic nitrogens is 2. The lowest BCUT2D eigenvalue weighted by Crippen LogP contribution is -2.34. The standard InChI is InChI=1S/C24H30N4O4/c1-28(2)20(19-8-5-6-9-21(19)31-4)16-25-22(29)10-7-11-23-26-24(27-32-23)17-12-14-18(30-3)15-13-17/h5-6,8-9,12-15,20H,7,10-11,16H2,1-4H3,(H,25,29). The number of carbonyl (C=O) groups is 1. The van der Waals surface area contributed by atoms with Gasteiger partial charge in [-0.2, -0.15) is 4.98 Å². The Kier molecular flexibility index (Phi) is 8.21. The fourth-order valence-electron chi connectivity index (χ4n) is 3.43. The highest BCUT2D eigenvalue weighted by molar-refractivity contribution is 5.75. The average molecular weight is 439 g/mol. The number of rotatable bonds is 11. The largest absolute Gasteiger partial charge is 0.497 e. The molecule has 1 amide bonds. The van der Waals surface area contributed by atoms with Crippen LogP contribution in [0, 0.1) is 0 Å². The maximum atomic E-state index is 12.4. The number of amides is 1. The van der Waals surface area contributed by atoms with Crippen LogP contribution in [0.3, 0.4) is 0 Å². The maximum Gasteiger partial charge on any atom is 0.226 e. The van der Waals surface area contributed by atoms with Gasteiger partial charge in [-0.3, -0.25) is 4.79 Å². The predicted molar refractivity (Wildman–Crippen MR) is 122 cm³/mol. The molecule has 32 heavy (non-hydrogen) atoms. The summed E-state index contributed by atoms with van der Waals surface area (Å²) in [6.07, 6.45) is 1.55. The molecule has 0 spiro atoms. The summed E-state index contributed by atoms with van der Waals surface area (Å²) < 4.78 is 16.0. The van der Waals surface area contributed by atoms with E-state index in [1.165, 1.54) is 0 Å². The first-order valence-corrected chi connectivity index (χ1v) is 10.5. The molecule has 1 aromatic heterocycles. The average Bonchev–Trinajstić information content (AvgIpc) is 3.28. The van der Waals surface area contributed by atoms with Crippen molar-refractivity contribution in [3.8, 4) is 22.9 Å². The van der Waals surface area contributed by atoms with Crippen molar-refractivity contribution in [3.05, 3.63) is 60.0 Å². The third kappa shape index (κ3) is 6.07. The summed E-state index contributed by atoms with van der Waals surface area (Å²) in [6.45, 7) is 0.494. The second-order valence-corrected chi connectivity index (χ2v) is 7.62. The number of nitrogens with one attached hydrogen (secondary N) is 1. The topological polar surface area (TPSA) is 89.7 Å². The SMILES string of the molecule is COc1ccc(-c2noc(CCCC(=O)NCC(c3ccccc3OC)N(C)C)n2)cc1. The van der Waals surface area contributed by atoms with Crippen molar-refractivity contribution in [2.75, 3.05) is 34.9 Å². The minimum Gasteiger partial charge on any atom is -0.497 e. The van der Waals surface area contributed by atoms with E-state index in [9.17, 15) is 4.79 Å². The van der Waals surface area contributed by atoms with Gasteiger partial charge >= 0.3 is 0 Å². The Labute approximate surface area is 188 Å². The van der Waals surface area contributed by atoms with Crippen molar-refractivity contribution in [2.45, 2.75) is 25.3 Å². The summed E-state index contributed by atoms with van der Waals surface area (Å²) >= 11 is 0. The van der Waals surface area contributed by atoms with Crippen molar-refractivity contribution in [1.29, 1.82) is 0 Å². The molecule has 8 nitrogen and oxygen atoms in total. The number of ether oxygens (including phenoxy) is 2. The number of nitrogens with zero attached hydrogens (tertiary/aromatic N) is 3. The lowest BCUT2D eigenvalue weighted by molar-refractivity contribution is -0.121. The Hall–Kier alpha value is -3.39. The molecule has 170 valence electrons. The molecule has 3 rings (SSSR count). The van der Waals surface area contributed by atoms with Crippen LogP contribution in [0.15, 0.2) is 53.1 Å². The molecule has 0 fully saturated rings. The van der Waals surface area contributed by atoms with E-state index in [-0.39, 0.29) is 11.9 Å². The third-order valence-electron chi connectivity index (χ3n) is 5.22. The van der Waals surface area contributed by atoms with E-state index in [1.54, 1.807) is 14.2 Å². The molecule has 3 aromatic rings. The van der Waals surface area contributed by atoms with Crippen LogP contribution in [0.4, 0.5) is 0 Å². The molecule has 0 aliphatic carbocycles. The normalized spacial score (nSPS) is 11.9. The quantitative estimate of drug-likeness (QED) is 0.490. The zero-order valence-electron chi connectivity index (χ0n) is 19.0. The Morgan fingerprint density at radius 1 is 1.09 bits per heavy atom. The molecule has 2 aromatic carbocycles. The number of hydrogen-bond acceptors (Lipinski definition) is 7. The molecule has 1 atom stereocenters. The lowest BCUT2D eigenvalue weighted by atomic mass is 10.0. The predicted octanol–water partition coefficient (Wildman–Crippen LogP) is 3.50. The van der Waals surface area contributed by atoms with Gasteiger partial charge in [0, 0.05) is 30.5 Å². The molecule has 0 bridgehead atoms. The van der Waals surface area contributed by atoms with Crippen LogP contribution in [0.25, 0.3) is 11.4 Å². The fourth-order valence-corrected chi connectivity index (χ4v) is 3.43. The molecular weight excluding hydrogens is 408 g/mol.